The van der Waals surface area contributed by atoms with Crippen LogP contribution in [-0.4, -0.2) is 10.5 Å². The Bertz CT molecular complexity index is 1400. The molecule has 0 radical (unpaired) electrons. The molecule has 1 heterocycles. The van der Waals surface area contributed by atoms with E-state index in [4.69, 9.17) is 0 Å². The van der Waals surface area contributed by atoms with E-state index in [2.05, 4.69) is 0 Å². The summed E-state index contributed by atoms with van der Waals surface area (Å²) < 4.78 is 1.66. The van der Waals surface area contributed by atoms with E-state index < -0.39 is 0 Å². The molecule has 1 aromatic heterocycles. The quantitative estimate of drug-likeness (QED) is 0.400. The van der Waals surface area contributed by atoms with Crippen molar-refractivity contribution in [3.63, 3.8) is 0 Å². The Hall–Kier alpha value is -3.72. The number of carbonyl (C=O) groups is 1. The van der Waals surface area contributed by atoms with E-state index in [1.807, 2.05) is 72.8 Å². The molecule has 0 aliphatic carbocycles. The molecule has 0 aliphatic rings. The van der Waals surface area contributed by atoms with Crippen molar-refractivity contribution in [1.29, 1.82) is 0 Å². The minimum absolute atomic E-state index is 0.0523. The van der Waals surface area contributed by atoms with Gasteiger partial charge in [0.1, 0.15) is 0 Å². The summed E-state index contributed by atoms with van der Waals surface area (Å²) >= 11 is 0. The average molecular weight is 349 g/mol. The van der Waals surface area contributed by atoms with Gasteiger partial charge in [-0.05, 0) is 47.2 Å². The van der Waals surface area contributed by atoms with Crippen molar-refractivity contribution in [2.45, 2.75) is 0 Å². The van der Waals surface area contributed by atoms with Crippen LogP contribution in [0.2, 0.25) is 0 Å². The van der Waals surface area contributed by atoms with Crippen molar-refractivity contribution in [3.05, 3.63) is 107 Å². The molecule has 0 amide bonds. The number of aromatic nitrogens is 1. The summed E-state index contributed by atoms with van der Waals surface area (Å²) in [7, 11) is 0. The Balaban J connectivity index is 1.99. The standard InChI is InChI=1S/C24H15NO2/c26-23-19-12-6-7-13-21(19)25(24(27)16-8-2-1-3-9-16)22-15-18-11-5-4-10-17(18)14-20(22)23/h1-15H. The number of pyridine rings is 1. The van der Waals surface area contributed by atoms with Gasteiger partial charge in [0.2, 0.25) is 0 Å². The van der Waals surface area contributed by atoms with Gasteiger partial charge in [0, 0.05) is 16.3 Å². The monoisotopic (exact) mass is 349 g/mol. The Morgan fingerprint density at radius 1 is 0.630 bits per heavy atom. The number of carbonyl (C=O) groups excluding carboxylic acids is 1. The summed E-state index contributed by atoms with van der Waals surface area (Å²) in [6, 6.07) is 28.1. The molecule has 5 aromatic rings. The number of nitrogens with zero attached hydrogens (tertiary/aromatic N) is 1. The van der Waals surface area contributed by atoms with Crippen molar-refractivity contribution in [2.75, 3.05) is 0 Å². The molecule has 0 spiro atoms. The lowest BCUT2D eigenvalue weighted by Crippen LogP contribution is -2.18. The first-order chi connectivity index (χ1) is 13.2. The number of para-hydroxylation sites is 1. The summed E-state index contributed by atoms with van der Waals surface area (Å²) in [4.78, 5) is 26.5. The van der Waals surface area contributed by atoms with Gasteiger partial charge in [-0.1, -0.05) is 54.6 Å². The zero-order valence-corrected chi connectivity index (χ0v) is 14.4. The van der Waals surface area contributed by atoms with Gasteiger partial charge in [-0.15, -0.1) is 0 Å². The second-order valence-corrected chi connectivity index (χ2v) is 6.57. The summed E-state index contributed by atoms with van der Waals surface area (Å²) in [5.74, 6) is -0.146. The molecule has 0 fully saturated rings. The lowest BCUT2D eigenvalue weighted by Gasteiger charge is -2.15. The van der Waals surface area contributed by atoms with Crippen LogP contribution >= 0.6 is 0 Å². The molecule has 0 atom stereocenters. The molecule has 0 unspecified atom stereocenters. The van der Waals surface area contributed by atoms with E-state index in [9.17, 15) is 9.59 Å². The van der Waals surface area contributed by atoms with Crippen LogP contribution in [0.3, 0.4) is 0 Å². The number of rotatable bonds is 1. The van der Waals surface area contributed by atoms with Crippen molar-refractivity contribution in [3.8, 4) is 0 Å². The van der Waals surface area contributed by atoms with E-state index in [-0.39, 0.29) is 11.3 Å². The fourth-order valence-electron chi connectivity index (χ4n) is 3.66. The minimum atomic E-state index is -0.146. The highest BCUT2D eigenvalue weighted by atomic mass is 16.2. The molecule has 5 rings (SSSR count). The Kier molecular flexibility index (Phi) is 3.41. The first-order valence-corrected chi connectivity index (χ1v) is 8.80. The molecule has 0 N–H and O–H groups in total. The van der Waals surface area contributed by atoms with Crippen molar-refractivity contribution < 1.29 is 4.79 Å². The van der Waals surface area contributed by atoms with Crippen LogP contribution in [0.1, 0.15) is 10.4 Å². The molecule has 0 saturated carbocycles. The SMILES string of the molecule is O=C(c1ccccc1)n1c2ccccc2c(=O)c2cc3ccccc3cc21. The van der Waals surface area contributed by atoms with Crippen LogP contribution in [0.15, 0.2) is 95.8 Å². The van der Waals surface area contributed by atoms with Crippen LogP contribution in [0, 0.1) is 0 Å². The highest BCUT2D eigenvalue weighted by Gasteiger charge is 2.17. The first kappa shape index (κ1) is 15.5. The highest BCUT2D eigenvalue weighted by Crippen LogP contribution is 2.25. The van der Waals surface area contributed by atoms with Crippen LogP contribution < -0.4 is 5.43 Å². The normalized spacial score (nSPS) is 11.3. The average Bonchev–Trinajstić information content (AvgIpc) is 2.73. The number of hydrogen-bond acceptors (Lipinski definition) is 2. The van der Waals surface area contributed by atoms with E-state index in [0.717, 1.165) is 10.8 Å². The Morgan fingerprint density at radius 2 is 1.26 bits per heavy atom. The lowest BCUT2D eigenvalue weighted by atomic mass is 10.0. The van der Waals surface area contributed by atoms with Gasteiger partial charge in [0.15, 0.2) is 5.43 Å². The first-order valence-electron chi connectivity index (χ1n) is 8.80. The fourth-order valence-corrected chi connectivity index (χ4v) is 3.66. The van der Waals surface area contributed by atoms with Gasteiger partial charge in [-0.3, -0.25) is 14.2 Å². The van der Waals surface area contributed by atoms with Gasteiger partial charge < -0.3 is 0 Å². The van der Waals surface area contributed by atoms with Crippen LogP contribution in [0.25, 0.3) is 32.6 Å². The molecule has 0 aliphatic heterocycles. The van der Waals surface area contributed by atoms with Crippen molar-refractivity contribution in [2.24, 2.45) is 0 Å². The van der Waals surface area contributed by atoms with Gasteiger partial charge in [0.25, 0.3) is 5.91 Å². The maximum Gasteiger partial charge on any atom is 0.262 e. The van der Waals surface area contributed by atoms with Crippen LogP contribution in [0.5, 0.6) is 0 Å². The maximum absolute atomic E-state index is 13.4. The van der Waals surface area contributed by atoms with Crippen molar-refractivity contribution >= 4 is 38.5 Å². The predicted octanol–water partition coefficient (Wildman–Crippen LogP) is 5.00. The van der Waals surface area contributed by atoms with Gasteiger partial charge >= 0.3 is 0 Å². The molecular formula is C24H15NO2. The van der Waals surface area contributed by atoms with Crippen LogP contribution in [-0.2, 0) is 0 Å². The fraction of sp³-hybridized carbons (Fsp3) is 0. The molecule has 27 heavy (non-hydrogen) atoms. The lowest BCUT2D eigenvalue weighted by molar-refractivity contribution is 0.0969. The van der Waals surface area contributed by atoms with Crippen molar-refractivity contribution in [1.82, 2.24) is 4.57 Å². The van der Waals surface area contributed by atoms with Gasteiger partial charge in [0.05, 0.1) is 11.0 Å². The third-order valence-corrected chi connectivity index (χ3v) is 4.96. The second-order valence-electron chi connectivity index (χ2n) is 6.57. The third kappa shape index (κ3) is 2.36. The maximum atomic E-state index is 13.4. The summed E-state index contributed by atoms with van der Waals surface area (Å²) in [6.45, 7) is 0. The molecule has 3 heteroatoms. The Labute approximate surface area is 155 Å². The largest absolute Gasteiger partial charge is 0.288 e. The van der Waals surface area contributed by atoms with E-state index >= 15 is 0 Å². The summed E-state index contributed by atoms with van der Waals surface area (Å²) in [5.41, 5.74) is 1.79. The van der Waals surface area contributed by atoms with E-state index in [1.54, 1.807) is 22.8 Å². The van der Waals surface area contributed by atoms with Gasteiger partial charge in [-0.2, -0.15) is 0 Å². The topological polar surface area (TPSA) is 39.1 Å². The second kappa shape index (κ2) is 5.92. The zero-order valence-electron chi connectivity index (χ0n) is 14.4. The number of fused-ring (bicyclic) bond motifs is 3. The summed E-state index contributed by atoms with van der Waals surface area (Å²) in [6.07, 6.45) is 0. The number of hydrogen-bond donors (Lipinski definition) is 0. The summed E-state index contributed by atoms with van der Waals surface area (Å²) in [5, 5.41) is 3.08. The molecule has 0 saturated heterocycles. The molecular weight excluding hydrogens is 334 g/mol. The predicted molar refractivity (Wildman–Crippen MR) is 109 cm³/mol. The molecule has 3 nitrogen and oxygen atoms in total. The van der Waals surface area contributed by atoms with Gasteiger partial charge in [-0.25, -0.2) is 0 Å². The molecule has 0 bridgehead atoms. The smallest absolute Gasteiger partial charge is 0.262 e. The van der Waals surface area contributed by atoms with E-state index in [1.165, 1.54) is 0 Å². The molecule has 4 aromatic carbocycles. The minimum Gasteiger partial charge on any atom is -0.288 e. The molecule has 128 valence electrons. The Morgan fingerprint density at radius 3 is 2.04 bits per heavy atom. The highest BCUT2D eigenvalue weighted by molar-refractivity contribution is 6.10. The van der Waals surface area contributed by atoms with Crippen LogP contribution in [0.4, 0.5) is 0 Å². The van der Waals surface area contributed by atoms with E-state index in [0.29, 0.717) is 27.4 Å². The third-order valence-electron chi connectivity index (χ3n) is 4.96. The zero-order chi connectivity index (χ0) is 18.4. The number of benzene rings is 4.